The summed E-state index contributed by atoms with van der Waals surface area (Å²) in [5, 5.41) is 2.94. The number of nitrogens with zero attached hydrogens (tertiary/aromatic N) is 2. The number of esters is 1. The SMILES string of the molecule is COC(=O)c1ccc(N2CCN(C(=O)c3ccccc3)CC2)c(NC(=O)c2cc(Br)ccc2OC)c1. The van der Waals surface area contributed by atoms with Gasteiger partial charge in [-0.25, -0.2) is 4.79 Å². The van der Waals surface area contributed by atoms with Crippen LogP contribution >= 0.6 is 15.9 Å². The number of hydrogen-bond acceptors (Lipinski definition) is 6. The molecule has 3 aromatic rings. The van der Waals surface area contributed by atoms with E-state index in [9.17, 15) is 14.4 Å². The van der Waals surface area contributed by atoms with Crippen LogP contribution in [0.25, 0.3) is 0 Å². The number of piperazine rings is 1. The fourth-order valence-corrected chi connectivity index (χ4v) is 4.48. The third-order valence-corrected chi connectivity index (χ3v) is 6.49. The van der Waals surface area contributed by atoms with Gasteiger partial charge in [0.1, 0.15) is 5.75 Å². The van der Waals surface area contributed by atoms with Crippen LogP contribution in [0.1, 0.15) is 31.1 Å². The molecule has 0 aromatic heterocycles. The van der Waals surface area contributed by atoms with E-state index >= 15 is 0 Å². The molecule has 4 rings (SSSR count). The lowest BCUT2D eigenvalue weighted by Crippen LogP contribution is -2.49. The lowest BCUT2D eigenvalue weighted by molar-refractivity contribution is 0.0600. The van der Waals surface area contributed by atoms with E-state index in [1.807, 2.05) is 35.2 Å². The summed E-state index contributed by atoms with van der Waals surface area (Å²) in [6.07, 6.45) is 0. The topological polar surface area (TPSA) is 88.2 Å². The van der Waals surface area contributed by atoms with Gasteiger partial charge in [-0.2, -0.15) is 0 Å². The monoisotopic (exact) mass is 551 g/mol. The molecule has 1 heterocycles. The summed E-state index contributed by atoms with van der Waals surface area (Å²) in [5.41, 5.74) is 2.53. The fraction of sp³-hybridized carbons (Fsp3) is 0.222. The van der Waals surface area contributed by atoms with Crippen molar-refractivity contribution in [3.05, 3.63) is 87.9 Å². The third-order valence-electron chi connectivity index (χ3n) is 6.00. The lowest BCUT2D eigenvalue weighted by atomic mass is 10.1. The first-order valence-corrected chi connectivity index (χ1v) is 12.2. The normalized spacial score (nSPS) is 13.2. The van der Waals surface area contributed by atoms with E-state index < -0.39 is 5.97 Å². The van der Waals surface area contributed by atoms with E-state index in [1.54, 1.807) is 36.4 Å². The number of carbonyl (C=O) groups excluding carboxylic acids is 3. The molecule has 0 aliphatic carbocycles. The molecule has 1 aliphatic heterocycles. The van der Waals surface area contributed by atoms with Gasteiger partial charge in [-0.1, -0.05) is 34.1 Å². The van der Waals surface area contributed by atoms with E-state index in [1.165, 1.54) is 14.2 Å². The Labute approximate surface area is 217 Å². The summed E-state index contributed by atoms with van der Waals surface area (Å²) in [4.78, 5) is 42.2. The van der Waals surface area contributed by atoms with Crippen molar-refractivity contribution in [1.29, 1.82) is 0 Å². The largest absolute Gasteiger partial charge is 0.496 e. The van der Waals surface area contributed by atoms with Gasteiger partial charge in [0, 0.05) is 36.2 Å². The van der Waals surface area contributed by atoms with Crippen molar-refractivity contribution in [2.75, 3.05) is 50.6 Å². The van der Waals surface area contributed by atoms with Gasteiger partial charge >= 0.3 is 5.97 Å². The standard InChI is InChI=1S/C27H26BrN3O5/c1-35-24-11-9-20(28)17-21(24)25(32)29-22-16-19(27(34)36-2)8-10-23(22)30-12-14-31(15-13-30)26(33)18-6-4-3-5-7-18/h3-11,16-17H,12-15H2,1-2H3,(H,29,32). The van der Waals surface area contributed by atoms with Gasteiger partial charge in [0.2, 0.25) is 0 Å². The Morgan fingerprint density at radius 3 is 2.25 bits per heavy atom. The number of benzene rings is 3. The number of anilines is 2. The van der Waals surface area contributed by atoms with E-state index in [-0.39, 0.29) is 11.8 Å². The van der Waals surface area contributed by atoms with Crippen molar-refractivity contribution in [3.63, 3.8) is 0 Å². The van der Waals surface area contributed by atoms with Crippen molar-refractivity contribution in [3.8, 4) is 5.75 Å². The lowest BCUT2D eigenvalue weighted by Gasteiger charge is -2.37. The quantitative estimate of drug-likeness (QED) is 0.455. The molecule has 186 valence electrons. The Morgan fingerprint density at radius 1 is 0.861 bits per heavy atom. The number of halogens is 1. The maximum Gasteiger partial charge on any atom is 0.337 e. The predicted octanol–water partition coefficient (Wildman–Crippen LogP) is 4.46. The average Bonchev–Trinajstić information content (AvgIpc) is 2.92. The molecule has 0 spiro atoms. The zero-order chi connectivity index (χ0) is 25.7. The van der Waals surface area contributed by atoms with Gasteiger partial charge < -0.3 is 24.6 Å². The Balaban J connectivity index is 1.58. The minimum atomic E-state index is -0.504. The Hall–Kier alpha value is -3.85. The smallest absolute Gasteiger partial charge is 0.337 e. The van der Waals surface area contributed by atoms with Crippen LogP contribution in [0.5, 0.6) is 5.75 Å². The van der Waals surface area contributed by atoms with Gasteiger partial charge in [0.15, 0.2) is 0 Å². The maximum atomic E-state index is 13.2. The van der Waals surface area contributed by atoms with Crippen LogP contribution in [0, 0.1) is 0 Å². The van der Waals surface area contributed by atoms with Gasteiger partial charge in [0.25, 0.3) is 11.8 Å². The molecule has 1 aliphatic rings. The Bertz CT molecular complexity index is 1270. The highest BCUT2D eigenvalue weighted by Gasteiger charge is 2.25. The Kier molecular flexibility index (Phi) is 7.90. The molecule has 0 bridgehead atoms. The van der Waals surface area contributed by atoms with Crippen LogP contribution in [-0.2, 0) is 4.74 Å². The molecule has 3 aromatic carbocycles. The molecule has 2 amide bonds. The van der Waals surface area contributed by atoms with E-state index in [2.05, 4.69) is 26.1 Å². The van der Waals surface area contributed by atoms with Crippen molar-refractivity contribution in [1.82, 2.24) is 4.90 Å². The fourth-order valence-electron chi connectivity index (χ4n) is 4.12. The van der Waals surface area contributed by atoms with Crippen molar-refractivity contribution in [2.24, 2.45) is 0 Å². The minimum absolute atomic E-state index is 0.00781. The first-order valence-electron chi connectivity index (χ1n) is 11.4. The summed E-state index contributed by atoms with van der Waals surface area (Å²) >= 11 is 3.39. The van der Waals surface area contributed by atoms with Gasteiger partial charge in [0.05, 0.1) is 36.7 Å². The molecule has 9 heteroatoms. The van der Waals surface area contributed by atoms with Crippen molar-refractivity contribution in [2.45, 2.75) is 0 Å². The summed E-state index contributed by atoms with van der Waals surface area (Å²) in [7, 11) is 2.81. The van der Waals surface area contributed by atoms with Crippen LogP contribution in [-0.4, -0.2) is 63.1 Å². The highest BCUT2D eigenvalue weighted by Crippen LogP contribution is 2.31. The summed E-state index contributed by atoms with van der Waals surface area (Å²) in [6, 6.07) is 19.4. The highest BCUT2D eigenvalue weighted by atomic mass is 79.9. The number of carbonyl (C=O) groups is 3. The van der Waals surface area contributed by atoms with Crippen LogP contribution in [0.4, 0.5) is 11.4 Å². The van der Waals surface area contributed by atoms with Crippen LogP contribution in [0.2, 0.25) is 0 Å². The molecule has 1 N–H and O–H groups in total. The first kappa shape index (κ1) is 25.2. The number of nitrogens with one attached hydrogen (secondary N) is 1. The minimum Gasteiger partial charge on any atom is -0.496 e. The number of rotatable bonds is 6. The van der Waals surface area contributed by atoms with Crippen molar-refractivity contribution < 1.29 is 23.9 Å². The first-order chi connectivity index (χ1) is 17.4. The molecule has 36 heavy (non-hydrogen) atoms. The highest BCUT2D eigenvalue weighted by molar-refractivity contribution is 9.10. The molecule has 8 nitrogen and oxygen atoms in total. The summed E-state index contributed by atoms with van der Waals surface area (Å²) < 4.78 is 11.0. The second-order valence-electron chi connectivity index (χ2n) is 8.17. The van der Waals surface area contributed by atoms with Crippen LogP contribution < -0.4 is 15.0 Å². The average molecular weight is 552 g/mol. The van der Waals surface area contributed by atoms with Crippen LogP contribution in [0.3, 0.4) is 0 Å². The molecular weight excluding hydrogens is 526 g/mol. The molecule has 0 atom stereocenters. The number of ether oxygens (including phenoxy) is 2. The molecule has 1 saturated heterocycles. The van der Waals surface area contributed by atoms with Crippen molar-refractivity contribution >= 4 is 45.1 Å². The van der Waals surface area contributed by atoms with Crippen LogP contribution in [0.15, 0.2) is 71.2 Å². The molecule has 1 fully saturated rings. The second-order valence-corrected chi connectivity index (χ2v) is 9.08. The molecule has 0 radical (unpaired) electrons. The predicted molar refractivity (Wildman–Crippen MR) is 141 cm³/mol. The second kappa shape index (κ2) is 11.3. The van der Waals surface area contributed by atoms with Gasteiger partial charge in [-0.15, -0.1) is 0 Å². The van der Waals surface area contributed by atoms with E-state index in [4.69, 9.17) is 9.47 Å². The number of amides is 2. The summed E-state index contributed by atoms with van der Waals surface area (Å²) in [6.45, 7) is 2.19. The Morgan fingerprint density at radius 2 is 1.58 bits per heavy atom. The molecule has 0 unspecified atom stereocenters. The van der Waals surface area contributed by atoms with E-state index in [0.29, 0.717) is 54.3 Å². The zero-order valence-corrected chi connectivity index (χ0v) is 21.6. The maximum absolute atomic E-state index is 13.2. The number of hydrogen-bond donors (Lipinski definition) is 1. The molecular formula is C27H26BrN3O5. The van der Waals surface area contributed by atoms with E-state index in [0.717, 1.165) is 10.2 Å². The zero-order valence-electron chi connectivity index (χ0n) is 20.0. The molecule has 0 saturated carbocycles. The van der Waals surface area contributed by atoms with Gasteiger partial charge in [-0.05, 0) is 48.5 Å². The number of methoxy groups -OCH3 is 2. The van der Waals surface area contributed by atoms with Gasteiger partial charge in [-0.3, -0.25) is 9.59 Å². The third kappa shape index (κ3) is 5.52. The summed E-state index contributed by atoms with van der Waals surface area (Å²) in [5.74, 6) is -0.467.